The number of halogens is 1. The first-order valence-corrected chi connectivity index (χ1v) is 14.1. The third-order valence-electron chi connectivity index (χ3n) is 6.11. The Hall–Kier alpha value is -3.95. The number of carbonyl (C=O) groups excluding carboxylic acids is 1. The molecular weight excluding hydrogens is 572 g/mol. The van der Waals surface area contributed by atoms with Crippen molar-refractivity contribution in [1.29, 1.82) is 0 Å². The largest absolute Gasteiger partial charge is 0.399 e. The van der Waals surface area contributed by atoms with Gasteiger partial charge in [-0.1, -0.05) is 59.7 Å². The number of hydrogen-bond donors (Lipinski definition) is 3. The second kappa shape index (κ2) is 11.8. The fourth-order valence-corrected chi connectivity index (χ4v) is 5.25. The predicted octanol–water partition coefficient (Wildman–Crippen LogP) is 7.32. The van der Waals surface area contributed by atoms with E-state index in [0.717, 1.165) is 36.6 Å². The minimum Gasteiger partial charge on any atom is -0.399 e. The van der Waals surface area contributed by atoms with Crippen LogP contribution in [-0.4, -0.2) is 20.9 Å². The number of aromatic nitrogens is 3. The van der Waals surface area contributed by atoms with Gasteiger partial charge in [-0.2, -0.15) is 0 Å². The Morgan fingerprint density at radius 3 is 2.56 bits per heavy atom. The normalized spacial score (nSPS) is 11.1. The average Bonchev–Trinajstić information content (AvgIpc) is 2.94. The summed E-state index contributed by atoms with van der Waals surface area (Å²) in [6.45, 7) is 4.61. The van der Waals surface area contributed by atoms with Gasteiger partial charge < -0.3 is 16.4 Å². The number of nitrogens with two attached hydrogens (primary N) is 1. The van der Waals surface area contributed by atoms with E-state index in [1.165, 1.54) is 6.33 Å². The molecule has 0 saturated heterocycles. The number of amides is 1. The predicted molar refractivity (Wildman–Crippen MR) is 161 cm³/mol. The van der Waals surface area contributed by atoms with Crippen molar-refractivity contribution in [3.8, 4) is 0 Å². The Kier molecular flexibility index (Phi) is 8.09. The van der Waals surface area contributed by atoms with E-state index in [1.54, 1.807) is 11.8 Å². The van der Waals surface area contributed by atoms with Crippen LogP contribution in [0.2, 0.25) is 0 Å². The molecule has 4 N–H and O–H groups in total. The summed E-state index contributed by atoms with van der Waals surface area (Å²) < 4.78 is 0.952. The summed E-state index contributed by atoms with van der Waals surface area (Å²) in [6, 6.07) is 25.1. The van der Waals surface area contributed by atoms with E-state index in [9.17, 15) is 4.79 Å². The Labute approximate surface area is 239 Å². The van der Waals surface area contributed by atoms with Crippen molar-refractivity contribution in [3.05, 3.63) is 106 Å². The van der Waals surface area contributed by atoms with Gasteiger partial charge in [0.15, 0.2) is 5.65 Å². The fourth-order valence-electron chi connectivity index (χ4n) is 3.95. The minimum atomic E-state index is -0.173. The van der Waals surface area contributed by atoms with Crippen LogP contribution in [0.4, 0.5) is 17.2 Å². The first-order chi connectivity index (χ1) is 18.9. The molecule has 3 aromatic carbocycles. The number of benzene rings is 3. The molecule has 0 unspecified atom stereocenters. The monoisotopic (exact) mass is 598 g/mol. The Bertz CT molecular complexity index is 1640. The van der Waals surface area contributed by atoms with E-state index in [2.05, 4.69) is 50.4 Å². The van der Waals surface area contributed by atoms with Crippen LogP contribution in [0.3, 0.4) is 0 Å². The molecule has 1 amide bonds. The van der Waals surface area contributed by atoms with Crippen molar-refractivity contribution >= 4 is 61.8 Å². The van der Waals surface area contributed by atoms with E-state index in [1.807, 2.05) is 78.9 Å². The summed E-state index contributed by atoms with van der Waals surface area (Å²) in [5.74, 6) is 0.733. The molecule has 9 heteroatoms. The number of nitrogens with zero attached hydrogens (tertiary/aromatic N) is 3. The van der Waals surface area contributed by atoms with Crippen molar-refractivity contribution in [2.24, 2.45) is 0 Å². The molecule has 0 bridgehead atoms. The Morgan fingerprint density at radius 2 is 1.79 bits per heavy atom. The molecule has 2 heterocycles. The van der Waals surface area contributed by atoms with Gasteiger partial charge in [0.05, 0.1) is 11.1 Å². The second-order valence-electron chi connectivity index (χ2n) is 9.27. The third-order valence-corrected chi connectivity index (χ3v) is 7.97. The average molecular weight is 600 g/mol. The van der Waals surface area contributed by atoms with Gasteiger partial charge >= 0.3 is 0 Å². The minimum absolute atomic E-state index is 0.173. The second-order valence-corrected chi connectivity index (χ2v) is 11.2. The number of nitrogens with one attached hydrogen (secondary N) is 2. The van der Waals surface area contributed by atoms with Crippen molar-refractivity contribution < 1.29 is 4.79 Å². The van der Waals surface area contributed by atoms with Crippen LogP contribution in [0.1, 0.15) is 41.4 Å². The first kappa shape index (κ1) is 26.6. The van der Waals surface area contributed by atoms with Gasteiger partial charge in [-0.05, 0) is 72.1 Å². The molecule has 0 saturated carbocycles. The lowest BCUT2D eigenvalue weighted by Gasteiger charge is -2.15. The van der Waals surface area contributed by atoms with E-state index >= 15 is 0 Å². The van der Waals surface area contributed by atoms with Crippen molar-refractivity contribution in [3.63, 3.8) is 0 Å². The van der Waals surface area contributed by atoms with Crippen LogP contribution in [0.25, 0.3) is 11.0 Å². The summed E-state index contributed by atoms with van der Waals surface area (Å²) in [5, 5.41) is 7.27. The fraction of sp³-hybridized carbons (Fsp3) is 0.133. The SMILES string of the molecule is CC(C)c1ccc2c(Nc3cc(C(=O)NCc4ccccc4Br)ccc3Sc3ccc(N)cc3)ncnc2n1. The molecule has 0 fully saturated rings. The molecule has 7 nitrogen and oxygen atoms in total. The number of anilines is 3. The van der Waals surface area contributed by atoms with E-state index in [-0.39, 0.29) is 11.8 Å². The molecule has 0 radical (unpaired) electrons. The van der Waals surface area contributed by atoms with Gasteiger partial charge in [0.25, 0.3) is 5.91 Å². The van der Waals surface area contributed by atoms with Gasteiger partial charge in [-0.3, -0.25) is 4.79 Å². The molecule has 39 heavy (non-hydrogen) atoms. The van der Waals surface area contributed by atoms with Crippen LogP contribution >= 0.6 is 27.7 Å². The van der Waals surface area contributed by atoms with E-state index in [0.29, 0.717) is 29.3 Å². The van der Waals surface area contributed by atoms with Crippen molar-refractivity contribution in [1.82, 2.24) is 20.3 Å². The van der Waals surface area contributed by atoms with Crippen LogP contribution in [-0.2, 0) is 6.54 Å². The molecule has 0 aliphatic carbocycles. The lowest BCUT2D eigenvalue weighted by molar-refractivity contribution is 0.0951. The lowest BCUT2D eigenvalue weighted by atomic mass is 10.1. The Morgan fingerprint density at radius 1 is 1.00 bits per heavy atom. The molecule has 0 aliphatic heterocycles. The molecule has 0 aliphatic rings. The highest BCUT2D eigenvalue weighted by Gasteiger charge is 2.15. The molecule has 0 spiro atoms. The maximum atomic E-state index is 13.1. The lowest BCUT2D eigenvalue weighted by Crippen LogP contribution is -2.23. The summed E-state index contributed by atoms with van der Waals surface area (Å²) in [4.78, 5) is 28.7. The molecule has 5 aromatic rings. The number of carbonyl (C=O) groups is 1. The highest BCUT2D eigenvalue weighted by molar-refractivity contribution is 9.10. The smallest absolute Gasteiger partial charge is 0.251 e. The zero-order valence-electron chi connectivity index (χ0n) is 21.5. The van der Waals surface area contributed by atoms with E-state index in [4.69, 9.17) is 10.7 Å². The zero-order chi connectivity index (χ0) is 27.4. The molecule has 196 valence electrons. The van der Waals surface area contributed by atoms with Crippen LogP contribution in [0.15, 0.2) is 99.5 Å². The maximum absolute atomic E-state index is 13.1. The highest BCUT2D eigenvalue weighted by atomic mass is 79.9. The molecule has 0 atom stereocenters. The van der Waals surface area contributed by atoms with Gasteiger partial charge in [0, 0.05) is 37.8 Å². The number of pyridine rings is 1. The summed E-state index contributed by atoms with van der Waals surface area (Å²) in [5.41, 5.74) is 10.5. The highest BCUT2D eigenvalue weighted by Crippen LogP contribution is 2.36. The van der Waals surface area contributed by atoms with Gasteiger partial charge in [-0.15, -0.1) is 0 Å². The maximum Gasteiger partial charge on any atom is 0.251 e. The number of nitrogen functional groups attached to an aromatic ring is 1. The number of hydrogen-bond acceptors (Lipinski definition) is 7. The van der Waals surface area contributed by atoms with Crippen LogP contribution < -0.4 is 16.4 Å². The summed E-state index contributed by atoms with van der Waals surface area (Å²) in [6.07, 6.45) is 1.50. The van der Waals surface area contributed by atoms with Crippen LogP contribution in [0, 0.1) is 0 Å². The van der Waals surface area contributed by atoms with Gasteiger partial charge in [-0.25, -0.2) is 15.0 Å². The third kappa shape index (κ3) is 6.38. The topological polar surface area (TPSA) is 106 Å². The molecule has 5 rings (SSSR count). The van der Waals surface area contributed by atoms with Gasteiger partial charge in [0.2, 0.25) is 0 Å². The first-order valence-electron chi connectivity index (χ1n) is 12.4. The summed E-state index contributed by atoms with van der Waals surface area (Å²) >= 11 is 5.11. The van der Waals surface area contributed by atoms with E-state index < -0.39 is 0 Å². The van der Waals surface area contributed by atoms with Crippen molar-refractivity contribution in [2.75, 3.05) is 11.1 Å². The quantitative estimate of drug-likeness (QED) is 0.161. The summed E-state index contributed by atoms with van der Waals surface area (Å²) in [7, 11) is 0. The zero-order valence-corrected chi connectivity index (χ0v) is 23.9. The molecular formula is C30H27BrN6OS. The Balaban J connectivity index is 1.48. The number of rotatable bonds is 8. The van der Waals surface area contributed by atoms with Crippen molar-refractivity contribution in [2.45, 2.75) is 36.1 Å². The van der Waals surface area contributed by atoms with Crippen LogP contribution in [0.5, 0.6) is 0 Å². The number of fused-ring (bicyclic) bond motifs is 1. The van der Waals surface area contributed by atoms with Gasteiger partial charge in [0.1, 0.15) is 12.1 Å². The molecule has 2 aromatic heterocycles. The standard InChI is InChI=1S/C30H27BrN6OS/c1-18(2)25-13-12-23-28(36-25)34-17-35-29(23)37-26-15-19(30(38)33-16-20-5-3-4-6-24(20)31)7-14-27(26)39-22-10-8-21(32)9-11-22/h3-15,17-18H,16,32H2,1-2H3,(H,33,38)(H,34,35,36,37).